The molecule has 1 fully saturated rings. The first-order chi connectivity index (χ1) is 7.15. The minimum Gasteiger partial charge on any atom is -0.346 e. The maximum Gasteiger partial charge on any atom is 0.253 e. The van der Waals surface area contributed by atoms with Gasteiger partial charge in [0.15, 0.2) is 0 Å². The standard InChI is InChI=1S/C11H13BrN2O/c1-8-2-3-9(6-13-8)10(15)14-11(7-12)4-5-11/h2-3,6H,4-5,7H2,1H3,(H,14,15). The predicted molar refractivity (Wildman–Crippen MR) is 62.2 cm³/mol. The van der Waals surface area contributed by atoms with Crippen LogP contribution in [0.3, 0.4) is 0 Å². The molecule has 0 spiro atoms. The van der Waals surface area contributed by atoms with Gasteiger partial charge in [0.1, 0.15) is 0 Å². The van der Waals surface area contributed by atoms with Gasteiger partial charge in [-0.25, -0.2) is 0 Å². The molecule has 1 aromatic heterocycles. The highest BCUT2D eigenvalue weighted by atomic mass is 79.9. The van der Waals surface area contributed by atoms with E-state index in [1.165, 1.54) is 0 Å². The lowest BCUT2D eigenvalue weighted by molar-refractivity contribution is 0.0936. The summed E-state index contributed by atoms with van der Waals surface area (Å²) >= 11 is 3.42. The Morgan fingerprint density at radius 1 is 1.60 bits per heavy atom. The quantitative estimate of drug-likeness (QED) is 0.853. The van der Waals surface area contributed by atoms with Crippen LogP contribution < -0.4 is 5.32 Å². The van der Waals surface area contributed by atoms with E-state index in [0.29, 0.717) is 5.56 Å². The monoisotopic (exact) mass is 268 g/mol. The first-order valence-electron chi connectivity index (χ1n) is 4.96. The molecule has 3 nitrogen and oxygen atoms in total. The van der Waals surface area contributed by atoms with Crippen molar-refractivity contribution in [2.75, 3.05) is 5.33 Å². The molecule has 15 heavy (non-hydrogen) atoms. The number of carbonyl (C=O) groups is 1. The molecule has 1 aromatic rings. The summed E-state index contributed by atoms with van der Waals surface area (Å²) < 4.78 is 0. The number of rotatable bonds is 3. The second-order valence-electron chi connectivity index (χ2n) is 4.06. The molecule has 1 aliphatic carbocycles. The van der Waals surface area contributed by atoms with Crippen molar-refractivity contribution < 1.29 is 4.79 Å². The number of carbonyl (C=O) groups excluding carboxylic acids is 1. The topological polar surface area (TPSA) is 42.0 Å². The summed E-state index contributed by atoms with van der Waals surface area (Å²) in [6.07, 6.45) is 3.74. The zero-order valence-electron chi connectivity index (χ0n) is 8.59. The summed E-state index contributed by atoms with van der Waals surface area (Å²) in [6.45, 7) is 1.91. The minimum atomic E-state index is -0.0283. The largest absolute Gasteiger partial charge is 0.346 e. The number of hydrogen-bond donors (Lipinski definition) is 1. The number of halogens is 1. The van der Waals surface area contributed by atoms with Gasteiger partial charge in [-0.1, -0.05) is 15.9 Å². The predicted octanol–water partition coefficient (Wildman–Crippen LogP) is 2.05. The molecule has 1 N–H and O–H groups in total. The van der Waals surface area contributed by atoms with Gasteiger partial charge in [-0.05, 0) is 31.9 Å². The van der Waals surface area contributed by atoms with Crippen LogP contribution in [0.5, 0.6) is 0 Å². The summed E-state index contributed by atoms with van der Waals surface area (Å²) in [5.41, 5.74) is 1.56. The number of nitrogens with zero attached hydrogens (tertiary/aromatic N) is 1. The van der Waals surface area contributed by atoms with Crippen LogP contribution in [0.15, 0.2) is 18.3 Å². The number of nitrogens with one attached hydrogen (secondary N) is 1. The van der Waals surface area contributed by atoms with Gasteiger partial charge in [-0.15, -0.1) is 0 Å². The van der Waals surface area contributed by atoms with Gasteiger partial charge in [-0.2, -0.15) is 0 Å². The van der Waals surface area contributed by atoms with E-state index >= 15 is 0 Å². The van der Waals surface area contributed by atoms with Crippen LogP contribution in [0.2, 0.25) is 0 Å². The van der Waals surface area contributed by atoms with E-state index in [1.807, 2.05) is 19.1 Å². The summed E-state index contributed by atoms with van der Waals surface area (Å²) in [6, 6.07) is 3.66. The molecule has 0 saturated heterocycles. The maximum absolute atomic E-state index is 11.8. The lowest BCUT2D eigenvalue weighted by Crippen LogP contribution is -2.38. The molecule has 2 rings (SSSR count). The van der Waals surface area contributed by atoms with E-state index in [4.69, 9.17) is 0 Å². The molecule has 0 unspecified atom stereocenters. The van der Waals surface area contributed by atoms with E-state index in [-0.39, 0.29) is 11.4 Å². The fourth-order valence-electron chi connectivity index (χ4n) is 1.36. The van der Waals surface area contributed by atoms with Crippen LogP contribution >= 0.6 is 15.9 Å². The SMILES string of the molecule is Cc1ccc(C(=O)NC2(CBr)CC2)cn1. The number of aryl methyl sites for hydroxylation is 1. The Morgan fingerprint density at radius 2 is 2.33 bits per heavy atom. The third kappa shape index (κ3) is 2.37. The average molecular weight is 269 g/mol. The molecule has 0 atom stereocenters. The fraction of sp³-hybridized carbons (Fsp3) is 0.455. The first-order valence-corrected chi connectivity index (χ1v) is 6.08. The summed E-state index contributed by atoms with van der Waals surface area (Å²) in [5.74, 6) is -0.0283. The zero-order valence-corrected chi connectivity index (χ0v) is 10.2. The van der Waals surface area contributed by atoms with Crippen molar-refractivity contribution in [2.45, 2.75) is 25.3 Å². The van der Waals surface area contributed by atoms with Crippen LogP contribution in [0.4, 0.5) is 0 Å². The third-order valence-electron chi connectivity index (χ3n) is 2.66. The van der Waals surface area contributed by atoms with Crippen LogP contribution in [0.1, 0.15) is 28.9 Å². The molecule has 1 saturated carbocycles. The van der Waals surface area contributed by atoms with Gasteiger partial charge in [0.05, 0.1) is 11.1 Å². The highest BCUT2D eigenvalue weighted by Gasteiger charge is 2.42. The molecule has 1 aliphatic rings. The second-order valence-corrected chi connectivity index (χ2v) is 4.62. The molecule has 0 aromatic carbocycles. The van der Waals surface area contributed by atoms with Gasteiger partial charge in [0.2, 0.25) is 0 Å². The van der Waals surface area contributed by atoms with Crippen molar-refractivity contribution >= 4 is 21.8 Å². The minimum absolute atomic E-state index is 0.00195. The molecule has 0 bridgehead atoms. The van der Waals surface area contributed by atoms with Gasteiger partial charge < -0.3 is 5.32 Å². The van der Waals surface area contributed by atoms with Crippen molar-refractivity contribution in [1.82, 2.24) is 10.3 Å². The lowest BCUT2D eigenvalue weighted by Gasteiger charge is -2.13. The van der Waals surface area contributed by atoms with E-state index in [0.717, 1.165) is 23.9 Å². The number of alkyl halides is 1. The Labute approximate surface area is 97.4 Å². The van der Waals surface area contributed by atoms with Crippen molar-refractivity contribution in [2.24, 2.45) is 0 Å². The van der Waals surface area contributed by atoms with Crippen LogP contribution in [-0.2, 0) is 0 Å². The normalized spacial score (nSPS) is 17.2. The van der Waals surface area contributed by atoms with E-state index in [9.17, 15) is 4.79 Å². The van der Waals surface area contributed by atoms with Gasteiger partial charge in [0.25, 0.3) is 5.91 Å². The van der Waals surface area contributed by atoms with E-state index in [2.05, 4.69) is 26.2 Å². The lowest BCUT2D eigenvalue weighted by atomic mass is 10.2. The number of pyridine rings is 1. The fourth-order valence-corrected chi connectivity index (χ4v) is 2.06. The number of amides is 1. The van der Waals surface area contributed by atoms with Crippen molar-refractivity contribution in [1.29, 1.82) is 0 Å². The molecule has 80 valence electrons. The Morgan fingerprint density at radius 3 is 2.80 bits per heavy atom. The average Bonchev–Trinajstić information content (AvgIpc) is 2.99. The molecular weight excluding hydrogens is 256 g/mol. The van der Waals surface area contributed by atoms with Gasteiger partial charge in [0, 0.05) is 17.2 Å². The molecular formula is C11H13BrN2O. The van der Waals surface area contributed by atoms with Crippen molar-refractivity contribution in [3.05, 3.63) is 29.6 Å². The molecule has 1 heterocycles. The molecule has 1 amide bonds. The van der Waals surface area contributed by atoms with Gasteiger partial charge in [-0.3, -0.25) is 9.78 Å². The summed E-state index contributed by atoms with van der Waals surface area (Å²) in [5, 5.41) is 3.85. The van der Waals surface area contributed by atoms with Crippen LogP contribution in [0.25, 0.3) is 0 Å². The van der Waals surface area contributed by atoms with E-state index in [1.54, 1.807) is 6.20 Å². The maximum atomic E-state index is 11.8. The Bertz CT molecular complexity index is 371. The van der Waals surface area contributed by atoms with Gasteiger partial charge >= 0.3 is 0 Å². The Kier molecular flexibility index (Phi) is 2.78. The van der Waals surface area contributed by atoms with Crippen LogP contribution in [0, 0.1) is 6.92 Å². The summed E-state index contributed by atoms with van der Waals surface area (Å²) in [7, 11) is 0. The molecule has 4 heteroatoms. The third-order valence-corrected chi connectivity index (χ3v) is 3.73. The highest BCUT2D eigenvalue weighted by Crippen LogP contribution is 2.37. The first kappa shape index (κ1) is 10.6. The van der Waals surface area contributed by atoms with Crippen molar-refractivity contribution in [3.8, 4) is 0 Å². The number of aromatic nitrogens is 1. The highest BCUT2D eigenvalue weighted by molar-refractivity contribution is 9.09. The Balaban J connectivity index is 2.05. The second kappa shape index (κ2) is 3.93. The van der Waals surface area contributed by atoms with Crippen molar-refractivity contribution in [3.63, 3.8) is 0 Å². The smallest absolute Gasteiger partial charge is 0.253 e. The zero-order chi connectivity index (χ0) is 10.9. The number of hydrogen-bond acceptors (Lipinski definition) is 2. The Hall–Kier alpha value is -0.900. The van der Waals surface area contributed by atoms with Crippen LogP contribution in [-0.4, -0.2) is 21.8 Å². The molecule has 0 radical (unpaired) electrons. The molecule has 0 aliphatic heterocycles. The summed E-state index contributed by atoms with van der Waals surface area (Å²) in [4.78, 5) is 15.9. The van der Waals surface area contributed by atoms with E-state index < -0.39 is 0 Å².